The van der Waals surface area contributed by atoms with Crippen LogP contribution in [0.3, 0.4) is 0 Å². The summed E-state index contributed by atoms with van der Waals surface area (Å²) in [5, 5.41) is 6.75. The van der Waals surface area contributed by atoms with E-state index in [1.807, 2.05) is 0 Å². The molecule has 23 heavy (non-hydrogen) atoms. The lowest BCUT2D eigenvalue weighted by Gasteiger charge is -2.28. The molecular formula is C17H37IN4O. The van der Waals surface area contributed by atoms with Gasteiger partial charge in [-0.05, 0) is 52.1 Å². The highest BCUT2D eigenvalue weighted by Gasteiger charge is 2.22. The average Bonchev–Trinajstić information content (AvgIpc) is 2.97. The van der Waals surface area contributed by atoms with Crippen LogP contribution in [0.4, 0.5) is 0 Å². The lowest BCUT2D eigenvalue weighted by Crippen LogP contribution is -2.45. The third kappa shape index (κ3) is 9.72. The Morgan fingerprint density at radius 2 is 1.87 bits per heavy atom. The van der Waals surface area contributed by atoms with Gasteiger partial charge in [0, 0.05) is 25.7 Å². The molecule has 1 aliphatic heterocycles. The van der Waals surface area contributed by atoms with Crippen LogP contribution >= 0.6 is 24.0 Å². The van der Waals surface area contributed by atoms with Crippen molar-refractivity contribution in [2.24, 2.45) is 10.9 Å². The molecule has 0 bridgehead atoms. The van der Waals surface area contributed by atoms with E-state index in [1.54, 1.807) is 7.11 Å². The number of methoxy groups -OCH3 is 1. The molecule has 1 aliphatic rings. The lowest BCUT2D eigenvalue weighted by atomic mass is 10.0. The molecule has 5 nitrogen and oxygen atoms in total. The number of rotatable bonds is 9. The molecule has 2 atom stereocenters. The summed E-state index contributed by atoms with van der Waals surface area (Å²) in [6.07, 6.45) is 3.89. The summed E-state index contributed by atoms with van der Waals surface area (Å²) in [6.45, 7) is 13.7. The molecule has 1 fully saturated rings. The number of ether oxygens (including phenoxy) is 1. The molecule has 0 amide bonds. The zero-order chi connectivity index (χ0) is 16.4. The molecule has 0 radical (unpaired) electrons. The van der Waals surface area contributed by atoms with Crippen LogP contribution in [0.25, 0.3) is 0 Å². The van der Waals surface area contributed by atoms with Gasteiger partial charge in [-0.2, -0.15) is 0 Å². The van der Waals surface area contributed by atoms with Crippen LogP contribution in [0.2, 0.25) is 0 Å². The largest absolute Gasteiger partial charge is 0.383 e. The van der Waals surface area contributed by atoms with E-state index < -0.39 is 0 Å². The van der Waals surface area contributed by atoms with Gasteiger partial charge in [0.15, 0.2) is 5.96 Å². The Hall–Kier alpha value is -0.0800. The molecule has 138 valence electrons. The molecule has 0 spiro atoms. The van der Waals surface area contributed by atoms with Crippen LogP contribution < -0.4 is 10.6 Å². The maximum absolute atomic E-state index is 5.19. The van der Waals surface area contributed by atoms with Gasteiger partial charge >= 0.3 is 0 Å². The fourth-order valence-electron chi connectivity index (χ4n) is 3.03. The molecule has 1 rings (SSSR count). The van der Waals surface area contributed by atoms with Crippen LogP contribution in [0, 0.1) is 5.92 Å². The van der Waals surface area contributed by atoms with Gasteiger partial charge in [-0.3, -0.25) is 9.89 Å². The molecule has 2 unspecified atom stereocenters. The summed E-state index contributed by atoms with van der Waals surface area (Å²) < 4.78 is 5.19. The van der Waals surface area contributed by atoms with Crippen LogP contribution in [-0.2, 0) is 4.74 Å². The van der Waals surface area contributed by atoms with Crippen molar-refractivity contribution in [3.8, 4) is 0 Å². The monoisotopic (exact) mass is 440 g/mol. The number of hydrogen-bond acceptors (Lipinski definition) is 3. The molecule has 6 heteroatoms. The van der Waals surface area contributed by atoms with Gasteiger partial charge in [0.2, 0.25) is 0 Å². The zero-order valence-electron chi connectivity index (χ0n) is 15.6. The van der Waals surface area contributed by atoms with Crippen molar-refractivity contribution >= 4 is 29.9 Å². The summed E-state index contributed by atoms with van der Waals surface area (Å²) in [5.41, 5.74) is 0. The van der Waals surface area contributed by atoms with Gasteiger partial charge < -0.3 is 15.4 Å². The molecule has 1 heterocycles. The Bertz CT molecular complexity index is 320. The fraction of sp³-hybridized carbons (Fsp3) is 0.941. The molecule has 0 saturated carbocycles. The van der Waals surface area contributed by atoms with Crippen molar-refractivity contribution in [1.29, 1.82) is 0 Å². The van der Waals surface area contributed by atoms with Crippen molar-refractivity contribution in [1.82, 2.24) is 15.5 Å². The van der Waals surface area contributed by atoms with Crippen molar-refractivity contribution in [3.63, 3.8) is 0 Å². The molecule has 0 aromatic heterocycles. The third-order valence-corrected chi connectivity index (χ3v) is 4.00. The number of nitrogens with zero attached hydrogens (tertiary/aromatic N) is 2. The number of likely N-dealkylation sites (tertiary alicyclic amines) is 1. The maximum atomic E-state index is 5.19. The average molecular weight is 440 g/mol. The minimum absolute atomic E-state index is 0. The van der Waals surface area contributed by atoms with Crippen molar-refractivity contribution < 1.29 is 4.74 Å². The predicted molar refractivity (Wildman–Crippen MR) is 110 cm³/mol. The number of halogens is 1. The van der Waals surface area contributed by atoms with Gasteiger partial charge in [0.25, 0.3) is 0 Å². The second-order valence-corrected chi connectivity index (χ2v) is 6.75. The summed E-state index contributed by atoms with van der Waals surface area (Å²) in [6, 6.07) is 0.828. The number of aliphatic imine (C=N–C) groups is 1. The third-order valence-electron chi connectivity index (χ3n) is 4.00. The van der Waals surface area contributed by atoms with Gasteiger partial charge in [-0.15, -0.1) is 24.0 Å². The first-order chi connectivity index (χ1) is 10.6. The topological polar surface area (TPSA) is 48.9 Å². The second kappa shape index (κ2) is 13.2. The maximum Gasteiger partial charge on any atom is 0.191 e. The Labute approximate surface area is 160 Å². The smallest absolute Gasteiger partial charge is 0.191 e. The molecule has 2 N–H and O–H groups in total. The summed E-state index contributed by atoms with van der Waals surface area (Å²) in [7, 11) is 1.73. The predicted octanol–water partition coefficient (Wildman–Crippen LogP) is 2.70. The highest BCUT2D eigenvalue weighted by atomic mass is 127. The zero-order valence-corrected chi connectivity index (χ0v) is 17.9. The summed E-state index contributed by atoms with van der Waals surface area (Å²) in [4.78, 5) is 7.45. The van der Waals surface area contributed by atoms with Crippen LogP contribution in [0.5, 0.6) is 0 Å². The van der Waals surface area contributed by atoms with Crippen LogP contribution in [-0.4, -0.2) is 62.8 Å². The fourth-order valence-corrected chi connectivity index (χ4v) is 3.03. The first kappa shape index (κ1) is 22.9. The van der Waals surface area contributed by atoms with E-state index in [0.29, 0.717) is 18.6 Å². The highest BCUT2D eigenvalue weighted by Crippen LogP contribution is 2.18. The van der Waals surface area contributed by atoms with Crippen molar-refractivity contribution in [3.05, 3.63) is 0 Å². The van der Waals surface area contributed by atoms with E-state index in [-0.39, 0.29) is 30.0 Å². The first-order valence-electron chi connectivity index (χ1n) is 8.84. The van der Waals surface area contributed by atoms with E-state index in [4.69, 9.17) is 9.73 Å². The van der Waals surface area contributed by atoms with Gasteiger partial charge in [0.1, 0.15) is 0 Å². The summed E-state index contributed by atoms with van der Waals surface area (Å²) >= 11 is 0. The summed E-state index contributed by atoms with van der Waals surface area (Å²) in [5.74, 6) is 1.61. The van der Waals surface area contributed by atoms with Gasteiger partial charge in [0.05, 0.1) is 13.2 Å². The Morgan fingerprint density at radius 1 is 1.22 bits per heavy atom. The SMILES string of the molecule is CCNC(=NCC(CC(C)C)N1CCCC1)NC(C)COC.I. The molecule has 1 saturated heterocycles. The Balaban J connectivity index is 0.00000484. The minimum atomic E-state index is 0. The van der Waals surface area contributed by atoms with Crippen LogP contribution in [0.1, 0.15) is 47.0 Å². The Morgan fingerprint density at radius 3 is 2.39 bits per heavy atom. The normalized spacial score (nSPS) is 18.6. The van der Waals surface area contributed by atoms with E-state index in [0.717, 1.165) is 19.0 Å². The van der Waals surface area contributed by atoms with Gasteiger partial charge in [-0.1, -0.05) is 13.8 Å². The second-order valence-electron chi connectivity index (χ2n) is 6.75. The standard InChI is InChI=1S/C17H36N4O.HI/c1-6-18-17(20-15(4)13-22-5)19-12-16(11-14(2)3)21-9-7-8-10-21;/h14-16H,6-13H2,1-5H3,(H2,18,19,20);1H. The minimum Gasteiger partial charge on any atom is -0.383 e. The Kier molecular flexibility index (Phi) is 13.2. The number of hydrogen-bond donors (Lipinski definition) is 2. The van der Waals surface area contributed by atoms with Crippen molar-refractivity contribution in [2.45, 2.75) is 59.0 Å². The van der Waals surface area contributed by atoms with E-state index in [1.165, 1.54) is 32.4 Å². The lowest BCUT2D eigenvalue weighted by molar-refractivity contribution is 0.178. The van der Waals surface area contributed by atoms with E-state index in [2.05, 4.69) is 43.2 Å². The molecule has 0 aromatic carbocycles. The van der Waals surface area contributed by atoms with E-state index >= 15 is 0 Å². The van der Waals surface area contributed by atoms with Crippen molar-refractivity contribution in [2.75, 3.05) is 39.9 Å². The molecule has 0 aromatic rings. The van der Waals surface area contributed by atoms with Gasteiger partial charge in [-0.25, -0.2) is 0 Å². The number of guanidine groups is 1. The first-order valence-corrected chi connectivity index (χ1v) is 8.84. The van der Waals surface area contributed by atoms with E-state index in [9.17, 15) is 0 Å². The number of nitrogens with one attached hydrogen (secondary N) is 2. The molecule has 0 aliphatic carbocycles. The highest BCUT2D eigenvalue weighted by molar-refractivity contribution is 14.0. The van der Waals surface area contributed by atoms with Crippen LogP contribution in [0.15, 0.2) is 4.99 Å². The molecular weight excluding hydrogens is 403 g/mol. The quantitative estimate of drug-likeness (QED) is 0.329.